The minimum absolute atomic E-state index is 0.00839. The molecule has 0 aromatic heterocycles. The second-order valence-electron chi connectivity index (χ2n) is 4.49. The first-order chi connectivity index (χ1) is 7.04. The normalized spacial score (nSPS) is 23.9. The summed E-state index contributed by atoms with van der Waals surface area (Å²) in [6, 6.07) is 0.368. The molecule has 88 valence electrons. The highest BCUT2D eigenvalue weighted by atomic mass is 16.5. The molecule has 0 bridgehead atoms. The van der Waals surface area contributed by atoms with E-state index in [4.69, 9.17) is 4.74 Å². The van der Waals surface area contributed by atoms with Crippen molar-refractivity contribution in [2.45, 2.75) is 45.4 Å². The van der Waals surface area contributed by atoms with Gasteiger partial charge in [0, 0.05) is 26.2 Å². The van der Waals surface area contributed by atoms with E-state index in [0.717, 1.165) is 13.0 Å². The van der Waals surface area contributed by atoms with Crippen LogP contribution in [0, 0.1) is 0 Å². The smallest absolute Gasteiger partial charge is 0.239 e. The monoisotopic (exact) mass is 214 g/mol. The Kier molecular flexibility index (Phi) is 4.54. The van der Waals surface area contributed by atoms with Crippen LogP contribution in [-0.2, 0) is 9.53 Å². The van der Waals surface area contributed by atoms with E-state index in [-0.39, 0.29) is 18.1 Å². The number of methoxy groups -OCH3 is 1. The zero-order chi connectivity index (χ0) is 11.4. The zero-order valence-electron chi connectivity index (χ0n) is 10.1. The molecule has 4 nitrogen and oxygen atoms in total. The van der Waals surface area contributed by atoms with Crippen molar-refractivity contribution in [2.24, 2.45) is 0 Å². The predicted molar refractivity (Wildman–Crippen MR) is 59.7 cm³/mol. The van der Waals surface area contributed by atoms with Gasteiger partial charge in [-0.05, 0) is 13.3 Å². The van der Waals surface area contributed by atoms with E-state index in [0.29, 0.717) is 12.6 Å². The SMILES string of the molecule is COC(C)CN1CCC(NC(C)C)C1=O. The quantitative estimate of drug-likeness (QED) is 0.729. The zero-order valence-corrected chi connectivity index (χ0v) is 10.1. The number of carbonyl (C=O) groups is 1. The van der Waals surface area contributed by atoms with E-state index in [1.807, 2.05) is 11.8 Å². The Labute approximate surface area is 92.0 Å². The molecule has 1 heterocycles. The number of nitrogens with one attached hydrogen (secondary N) is 1. The molecular formula is C11H22N2O2. The first-order valence-electron chi connectivity index (χ1n) is 5.62. The van der Waals surface area contributed by atoms with Crippen LogP contribution in [0.15, 0.2) is 0 Å². The van der Waals surface area contributed by atoms with Gasteiger partial charge in [0.1, 0.15) is 0 Å². The minimum atomic E-state index is 0.00839. The molecule has 1 aliphatic rings. The Morgan fingerprint density at radius 2 is 2.20 bits per heavy atom. The summed E-state index contributed by atoms with van der Waals surface area (Å²) in [6.45, 7) is 7.65. The van der Waals surface area contributed by atoms with Gasteiger partial charge in [0.05, 0.1) is 12.1 Å². The Morgan fingerprint density at radius 1 is 1.53 bits per heavy atom. The van der Waals surface area contributed by atoms with Crippen LogP contribution in [0.25, 0.3) is 0 Å². The number of nitrogens with zero attached hydrogens (tertiary/aromatic N) is 1. The van der Waals surface area contributed by atoms with Crippen molar-refractivity contribution in [3.8, 4) is 0 Å². The van der Waals surface area contributed by atoms with Crippen LogP contribution in [0.3, 0.4) is 0 Å². The van der Waals surface area contributed by atoms with Crippen molar-refractivity contribution < 1.29 is 9.53 Å². The molecule has 2 unspecified atom stereocenters. The van der Waals surface area contributed by atoms with Crippen LogP contribution in [-0.4, -0.2) is 49.2 Å². The molecule has 1 rings (SSSR count). The number of carbonyl (C=O) groups excluding carboxylic acids is 1. The second kappa shape index (κ2) is 5.47. The summed E-state index contributed by atoms with van der Waals surface area (Å²) < 4.78 is 5.16. The van der Waals surface area contributed by atoms with Gasteiger partial charge in [0.2, 0.25) is 5.91 Å². The van der Waals surface area contributed by atoms with Crippen molar-refractivity contribution in [1.29, 1.82) is 0 Å². The molecule has 0 saturated carbocycles. The van der Waals surface area contributed by atoms with Gasteiger partial charge in [-0.25, -0.2) is 0 Å². The van der Waals surface area contributed by atoms with Crippen molar-refractivity contribution in [1.82, 2.24) is 10.2 Å². The van der Waals surface area contributed by atoms with Gasteiger partial charge in [0.15, 0.2) is 0 Å². The summed E-state index contributed by atoms with van der Waals surface area (Å²) in [6.07, 6.45) is 1.03. The fraction of sp³-hybridized carbons (Fsp3) is 0.909. The van der Waals surface area contributed by atoms with E-state index in [1.54, 1.807) is 7.11 Å². The van der Waals surface area contributed by atoms with E-state index >= 15 is 0 Å². The molecule has 0 aromatic carbocycles. The molecule has 0 aromatic rings. The van der Waals surface area contributed by atoms with E-state index in [2.05, 4.69) is 19.2 Å². The maximum atomic E-state index is 11.9. The largest absolute Gasteiger partial charge is 0.380 e. The van der Waals surface area contributed by atoms with Crippen LogP contribution in [0.4, 0.5) is 0 Å². The molecule has 1 amide bonds. The van der Waals surface area contributed by atoms with Crippen LogP contribution < -0.4 is 5.32 Å². The maximum Gasteiger partial charge on any atom is 0.239 e. The minimum Gasteiger partial charge on any atom is -0.380 e. The molecule has 4 heteroatoms. The highest BCUT2D eigenvalue weighted by Gasteiger charge is 2.32. The molecular weight excluding hydrogens is 192 g/mol. The summed E-state index contributed by atoms with van der Waals surface area (Å²) in [7, 11) is 1.68. The number of ether oxygens (including phenoxy) is 1. The van der Waals surface area contributed by atoms with Crippen molar-refractivity contribution in [3.05, 3.63) is 0 Å². The lowest BCUT2D eigenvalue weighted by Crippen LogP contribution is -2.43. The van der Waals surface area contributed by atoms with Crippen LogP contribution in [0.5, 0.6) is 0 Å². The average Bonchev–Trinajstić information content (AvgIpc) is 2.49. The van der Waals surface area contributed by atoms with Crippen molar-refractivity contribution in [2.75, 3.05) is 20.2 Å². The molecule has 1 fully saturated rings. The third kappa shape index (κ3) is 3.47. The van der Waals surface area contributed by atoms with Gasteiger partial charge >= 0.3 is 0 Å². The fourth-order valence-corrected chi connectivity index (χ4v) is 1.86. The lowest BCUT2D eigenvalue weighted by atomic mass is 10.2. The van der Waals surface area contributed by atoms with Gasteiger partial charge in [-0.1, -0.05) is 13.8 Å². The van der Waals surface area contributed by atoms with Crippen LogP contribution in [0.1, 0.15) is 27.2 Å². The van der Waals surface area contributed by atoms with Crippen molar-refractivity contribution in [3.63, 3.8) is 0 Å². The Morgan fingerprint density at radius 3 is 2.73 bits per heavy atom. The molecule has 15 heavy (non-hydrogen) atoms. The maximum absolute atomic E-state index is 11.9. The molecule has 0 spiro atoms. The summed E-state index contributed by atoms with van der Waals surface area (Å²) in [4.78, 5) is 13.8. The topological polar surface area (TPSA) is 41.6 Å². The molecule has 0 aliphatic carbocycles. The number of hydrogen-bond donors (Lipinski definition) is 1. The number of hydrogen-bond acceptors (Lipinski definition) is 3. The van der Waals surface area contributed by atoms with E-state index in [9.17, 15) is 4.79 Å². The molecule has 1 aliphatic heterocycles. The van der Waals surface area contributed by atoms with Gasteiger partial charge in [-0.15, -0.1) is 0 Å². The second-order valence-corrected chi connectivity index (χ2v) is 4.49. The molecule has 1 saturated heterocycles. The van der Waals surface area contributed by atoms with Crippen LogP contribution in [0.2, 0.25) is 0 Å². The molecule has 2 atom stereocenters. The highest BCUT2D eigenvalue weighted by molar-refractivity contribution is 5.84. The molecule has 1 N–H and O–H groups in total. The van der Waals surface area contributed by atoms with Gasteiger partial charge in [-0.2, -0.15) is 0 Å². The summed E-state index contributed by atoms with van der Waals surface area (Å²) >= 11 is 0. The van der Waals surface area contributed by atoms with Gasteiger partial charge < -0.3 is 15.0 Å². The summed E-state index contributed by atoms with van der Waals surface area (Å²) in [5, 5.41) is 3.28. The molecule has 0 radical (unpaired) electrons. The third-order valence-corrected chi connectivity index (χ3v) is 2.71. The van der Waals surface area contributed by atoms with E-state index in [1.165, 1.54) is 0 Å². The standard InChI is InChI=1S/C11H22N2O2/c1-8(2)12-10-5-6-13(11(10)14)7-9(3)15-4/h8-10,12H,5-7H2,1-4H3. The first kappa shape index (κ1) is 12.5. The predicted octanol–water partition coefficient (Wildman–Crippen LogP) is 0.620. The first-order valence-corrected chi connectivity index (χ1v) is 5.62. The number of amides is 1. The Balaban J connectivity index is 2.42. The lowest BCUT2D eigenvalue weighted by Gasteiger charge is -2.21. The third-order valence-electron chi connectivity index (χ3n) is 2.71. The Bertz CT molecular complexity index is 219. The number of rotatable bonds is 5. The highest BCUT2D eigenvalue weighted by Crippen LogP contribution is 2.12. The Hall–Kier alpha value is -0.610. The van der Waals surface area contributed by atoms with Gasteiger partial charge in [-0.3, -0.25) is 4.79 Å². The summed E-state index contributed by atoms with van der Waals surface area (Å²) in [5.41, 5.74) is 0. The van der Waals surface area contributed by atoms with Gasteiger partial charge in [0.25, 0.3) is 0 Å². The average molecular weight is 214 g/mol. The van der Waals surface area contributed by atoms with Crippen LogP contribution >= 0.6 is 0 Å². The van der Waals surface area contributed by atoms with Crippen molar-refractivity contribution >= 4 is 5.91 Å². The lowest BCUT2D eigenvalue weighted by molar-refractivity contribution is -0.130. The van der Waals surface area contributed by atoms with E-state index < -0.39 is 0 Å². The fourth-order valence-electron chi connectivity index (χ4n) is 1.86. The number of likely N-dealkylation sites (tertiary alicyclic amines) is 1. The summed E-state index contributed by atoms with van der Waals surface area (Å²) in [5.74, 6) is 0.215.